The molecular weight excluding hydrogens is 403 g/mol. The summed E-state index contributed by atoms with van der Waals surface area (Å²) in [5.74, 6) is -1.99. The van der Waals surface area contributed by atoms with Gasteiger partial charge in [0.15, 0.2) is 5.69 Å². The van der Waals surface area contributed by atoms with Gasteiger partial charge in [0.2, 0.25) is 0 Å². The van der Waals surface area contributed by atoms with Gasteiger partial charge >= 0.3 is 5.97 Å². The van der Waals surface area contributed by atoms with Crippen LogP contribution in [0.1, 0.15) is 29.4 Å². The Hall–Kier alpha value is -3.59. The number of carbonyl (C=O) groups excluding carboxylic acids is 1. The highest BCUT2D eigenvalue weighted by Gasteiger charge is 2.36. The molecule has 0 bridgehead atoms. The molecule has 0 fully saturated rings. The van der Waals surface area contributed by atoms with Crippen molar-refractivity contribution in [3.05, 3.63) is 71.8 Å². The number of nitrogens with zero attached hydrogens (tertiary/aromatic N) is 2. The Kier molecular flexibility index (Phi) is 6.76. The minimum Gasteiger partial charge on any atom is -0.481 e. The first-order valence-electron chi connectivity index (χ1n) is 9.67. The molecule has 0 aliphatic heterocycles. The van der Waals surface area contributed by atoms with Crippen molar-refractivity contribution in [2.24, 2.45) is 5.41 Å². The third kappa shape index (κ3) is 5.32. The molecular formula is C22H23FN4O4. The van der Waals surface area contributed by atoms with Gasteiger partial charge in [0.05, 0.1) is 18.2 Å². The van der Waals surface area contributed by atoms with Crippen LogP contribution in [0.15, 0.2) is 54.7 Å². The van der Waals surface area contributed by atoms with Crippen LogP contribution in [0.5, 0.6) is 0 Å². The first-order chi connectivity index (χ1) is 14.8. The molecule has 1 amide bonds. The largest absolute Gasteiger partial charge is 0.481 e. The zero-order chi connectivity index (χ0) is 22.4. The number of carboxylic acids is 1. The highest BCUT2D eigenvalue weighted by Crippen LogP contribution is 2.26. The summed E-state index contributed by atoms with van der Waals surface area (Å²) in [4.78, 5) is 24.1. The molecule has 9 heteroatoms. The van der Waals surface area contributed by atoms with E-state index in [0.717, 1.165) is 5.56 Å². The molecule has 0 aliphatic rings. The molecule has 162 valence electrons. The molecule has 0 aliphatic carbocycles. The van der Waals surface area contributed by atoms with E-state index < -0.39 is 29.9 Å². The average molecular weight is 426 g/mol. The van der Waals surface area contributed by atoms with Crippen LogP contribution < -0.4 is 5.32 Å². The van der Waals surface area contributed by atoms with E-state index in [9.17, 15) is 24.2 Å². The number of hydrogen-bond acceptors (Lipinski definition) is 5. The lowest BCUT2D eigenvalue weighted by Crippen LogP contribution is -2.44. The molecule has 4 N–H and O–H groups in total. The highest BCUT2D eigenvalue weighted by molar-refractivity contribution is 5.92. The summed E-state index contributed by atoms with van der Waals surface area (Å²) in [6, 6.07) is 13.0. The first kappa shape index (κ1) is 22.1. The number of halogens is 1. The van der Waals surface area contributed by atoms with Crippen LogP contribution in [0.25, 0.3) is 11.1 Å². The standard InChI is InChI=1S/C22H23FN4O4/c1-22(13-28,21(30)31)11-16(25-20(29)19-12-24-27-26-19)10-14-6-8-15(9-7-14)17-4-2-3-5-18(17)23/h2-9,12,16,28H,10-11,13H2,1H3,(H,25,29)(H,30,31)(H,24,26,27)/t16-,22?/m1/s1. The van der Waals surface area contributed by atoms with Crippen LogP contribution in [0.2, 0.25) is 0 Å². The van der Waals surface area contributed by atoms with Crippen molar-refractivity contribution in [2.45, 2.75) is 25.8 Å². The molecule has 1 unspecified atom stereocenters. The molecule has 8 nitrogen and oxygen atoms in total. The van der Waals surface area contributed by atoms with Crippen LogP contribution in [0, 0.1) is 11.2 Å². The molecule has 0 radical (unpaired) electrons. The van der Waals surface area contributed by atoms with E-state index in [1.807, 2.05) is 0 Å². The van der Waals surface area contributed by atoms with Gasteiger partial charge in [0.1, 0.15) is 5.82 Å². The minimum atomic E-state index is -1.44. The van der Waals surface area contributed by atoms with Gasteiger partial charge in [0.25, 0.3) is 5.91 Å². The van der Waals surface area contributed by atoms with Crippen LogP contribution in [0.3, 0.4) is 0 Å². The number of carbonyl (C=O) groups is 2. The van der Waals surface area contributed by atoms with Gasteiger partial charge in [-0.15, -0.1) is 0 Å². The van der Waals surface area contributed by atoms with Gasteiger partial charge in [0, 0.05) is 11.6 Å². The molecule has 0 saturated heterocycles. The number of benzene rings is 2. The molecule has 1 aromatic heterocycles. The van der Waals surface area contributed by atoms with E-state index in [4.69, 9.17) is 0 Å². The van der Waals surface area contributed by atoms with Crippen molar-refractivity contribution in [2.75, 3.05) is 6.61 Å². The van der Waals surface area contributed by atoms with Gasteiger partial charge in [-0.05, 0) is 37.0 Å². The molecule has 0 spiro atoms. The Morgan fingerprint density at radius 1 is 1.19 bits per heavy atom. The topological polar surface area (TPSA) is 128 Å². The van der Waals surface area contributed by atoms with Crippen LogP contribution in [-0.2, 0) is 11.2 Å². The smallest absolute Gasteiger partial charge is 0.311 e. The normalized spacial score (nSPS) is 13.9. The van der Waals surface area contributed by atoms with E-state index in [1.54, 1.807) is 42.5 Å². The van der Waals surface area contributed by atoms with E-state index >= 15 is 0 Å². The summed E-state index contributed by atoms with van der Waals surface area (Å²) in [6.45, 7) is 0.844. The zero-order valence-electron chi connectivity index (χ0n) is 16.9. The number of aliphatic hydroxyl groups excluding tert-OH is 1. The molecule has 1 heterocycles. The summed E-state index contributed by atoms with van der Waals surface area (Å²) in [7, 11) is 0. The maximum atomic E-state index is 14.0. The summed E-state index contributed by atoms with van der Waals surface area (Å²) in [5.41, 5.74) is 0.631. The third-order valence-electron chi connectivity index (χ3n) is 5.17. The SMILES string of the molecule is CC(CO)(C[C@@H](Cc1ccc(-c2ccccc2F)cc1)NC(=O)c1cn[nH]n1)C(=O)O. The van der Waals surface area contributed by atoms with Crippen molar-refractivity contribution >= 4 is 11.9 Å². The maximum absolute atomic E-state index is 14.0. The second kappa shape index (κ2) is 9.48. The summed E-state index contributed by atoms with van der Waals surface area (Å²) < 4.78 is 14.0. The number of nitrogens with one attached hydrogen (secondary N) is 2. The van der Waals surface area contributed by atoms with Gasteiger partial charge in [-0.3, -0.25) is 9.59 Å². The number of aliphatic carboxylic acids is 1. The molecule has 2 atom stereocenters. The molecule has 31 heavy (non-hydrogen) atoms. The van der Waals surface area contributed by atoms with Crippen LogP contribution in [0.4, 0.5) is 4.39 Å². The quantitative estimate of drug-likeness (QED) is 0.416. The van der Waals surface area contributed by atoms with Gasteiger partial charge in [-0.25, -0.2) is 4.39 Å². The zero-order valence-corrected chi connectivity index (χ0v) is 16.9. The average Bonchev–Trinajstić information content (AvgIpc) is 3.29. The maximum Gasteiger partial charge on any atom is 0.311 e. The monoisotopic (exact) mass is 426 g/mol. The Bertz CT molecular complexity index is 1040. The lowest BCUT2D eigenvalue weighted by Gasteiger charge is -2.28. The summed E-state index contributed by atoms with van der Waals surface area (Å²) in [5, 5.41) is 31.6. The number of carboxylic acid groups (broad SMARTS) is 1. The number of H-pyrrole nitrogens is 1. The number of aliphatic hydroxyl groups is 1. The lowest BCUT2D eigenvalue weighted by molar-refractivity contribution is -0.151. The van der Waals surface area contributed by atoms with Crippen molar-refractivity contribution in [1.29, 1.82) is 0 Å². The summed E-state index contributed by atoms with van der Waals surface area (Å²) >= 11 is 0. The van der Waals surface area contributed by atoms with E-state index in [1.165, 1.54) is 19.2 Å². The van der Waals surface area contributed by atoms with Gasteiger partial charge in [-0.1, -0.05) is 42.5 Å². The Balaban J connectivity index is 1.81. The van der Waals surface area contributed by atoms with Crippen LogP contribution in [-0.4, -0.2) is 50.1 Å². The molecule has 0 saturated carbocycles. The predicted octanol–water partition coefficient (Wildman–Crippen LogP) is 2.43. The number of rotatable bonds is 9. The molecule has 3 aromatic rings. The number of aromatic amines is 1. The minimum absolute atomic E-state index is 0.00249. The second-order valence-corrected chi connectivity index (χ2v) is 7.63. The molecule has 3 rings (SSSR count). The summed E-state index contributed by atoms with van der Waals surface area (Å²) in [6.07, 6.45) is 1.57. The second-order valence-electron chi connectivity index (χ2n) is 7.63. The van der Waals surface area contributed by atoms with Crippen molar-refractivity contribution in [3.63, 3.8) is 0 Å². The fraction of sp³-hybridized carbons (Fsp3) is 0.273. The van der Waals surface area contributed by atoms with Crippen molar-refractivity contribution in [1.82, 2.24) is 20.7 Å². The van der Waals surface area contributed by atoms with E-state index in [0.29, 0.717) is 17.5 Å². The van der Waals surface area contributed by atoms with Crippen LogP contribution >= 0.6 is 0 Å². The number of hydrogen-bond donors (Lipinski definition) is 4. The fourth-order valence-corrected chi connectivity index (χ4v) is 3.31. The fourth-order valence-electron chi connectivity index (χ4n) is 3.31. The van der Waals surface area contributed by atoms with E-state index in [-0.39, 0.29) is 17.9 Å². The van der Waals surface area contributed by atoms with Crippen molar-refractivity contribution < 1.29 is 24.2 Å². The Morgan fingerprint density at radius 3 is 2.48 bits per heavy atom. The lowest BCUT2D eigenvalue weighted by atomic mass is 9.82. The van der Waals surface area contributed by atoms with Crippen molar-refractivity contribution in [3.8, 4) is 11.1 Å². The number of aromatic nitrogens is 3. The highest BCUT2D eigenvalue weighted by atomic mass is 19.1. The third-order valence-corrected chi connectivity index (χ3v) is 5.17. The first-order valence-corrected chi connectivity index (χ1v) is 9.67. The van der Waals surface area contributed by atoms with Gasteiger partial charge in [-0.2, -0.15) is 15.4 Å². The Morgan fingerprint density at radius 2 is 1.90 bits per heavy atom. The van der Waals surface area contributed by atoms with E-state index in [2.05, 4.69) is 20.7 Å². The number of amides is 1. The molecule has 2 aromatic carbocycles. The Labute approximate surface area is 178 Å². The van der Waals surface area contributed by atoms with Gasteiger partial charge < -0.3 is 15.5 Å². The predicted molar refractivity (Wildman–Crippen MR) is 111 cm³/mol.